The predicted octanol–water partition coefficient (Wildman–Crippen LogP) is 3.34. The van der Waals surface area contributed by atoms with Crippen LogP contribution in [0.25, 0.3) is 5.65 Å². The Morgan fingerprint density at radius 1 is 1.20 bits per heavy atom. The van der Waals surface area contributed by atoms with E-state index in [1.54, 1.807) is 24.6 Å². The lowest BCUT2D eigenvalue weighted by Gasteiger charge is -2.23. The first kappa shape index (κ1) is 18.2. The van der Waals surface area contributed by atoms with E-state index in [2.05, 4.69) is 15.7 Å². The van der Waals surface area contributed by atoms with Crippen LogP contribution in [0.3, 0.4) is 0 Å². The van der Waals surface area contributed by atoms with Crippen LogP contribution in [0.1, 0.15) is 35.8 Å². The molecule has 4 aromatic rings. The van der Waals surface area contributed by atoms with Gasteiger partial charge in [-0.1, -0.05) is 18.2 Å². The van der Waals surface area contributed by atoms with Crippen LogP contribution in [0.15, 0.2) is 70.2 Å². The largest absolute Gasteiger partial charge is 0.469 e. The van der Waals surface area contributed by atoms with Gasteiger partial charge in [0.1, 0.15) is 5.76 Å². The standard InChI is InChI=1S/C22H21N5O3/c28-21(24-18-7-4-8-19-17(18)10-12-30-19)23-16-6-3-5-15(13-16)14-27-22(29)26-11-2-1-9-20(26)25-27/h1-3,5-6,9-13,18H,4,7-8,14H2,(H2,23,24,28). The SMILES string of the molecule is O=C(Nc1cccc(Cn2nc3ccccn3c2=O)c1)NC1CCCc2occc21. The highest BCUT2D eigenvalue weighted by Crippen LogP contribution is 2.30. The number of carbonyl (C=O) groups is 1. The van der Waals surface area contributed by atoms with Gasteiger partial charge in [-0.3, -0.25) is 4.40 Å². The maximum absolute atomic E-state index is 12.5. The average Bonchev–Trinajstić information content (AvgIpc) is 3.34. The molecular weight excluding hydrogens is 382 g/mol. The summed E-state index contributed by atoms with van der Waals surface area (Å²) in [6.07, 6.45) is 6.14. The highest BCUT2D eigenvalue weighted by Gasteiger charge is 2.24. The van der Waals surface area contributed by atoms with Crippen molar-refractivity contribution in [1.82, 2.24) is 19.5 Å². The summed E-state index contributed by atoms with van der Waals surface area (Å²) in [7, 11) is 0. The molecule has 0 spiro atoms. The molecule has 3 aromatic heterocycles. The van der Waals surface area contributed by atoms with Crippen LogP contribution in [-0.2, 0) is 13.0 Å². The molecule has 0 saturated carbocycles. The normalized spacial score (nSPS) is 15.7. The minimum Gasteiger partial charge on any atom is -0.469 e. The van der Waals surface area contributed by atoms with Gasteiger partial charge in [0.15, 0.2) is 5.65 Å². The third-order valence-corrected chi connectivity index (χ3v) is 5.36. The zero-order valence-corrected chi connectivity index (χ0v) is 16.2. The molecule has 1 aromatic carbocycles. The molecule has 1 atom stereocenters. The molecular formula is C22H21N5O3. The molecule has 30 heavy (non-hydrogen) atoms. The maximum atomic E-state index is 12.5. The molecule has 1 aliphatic rings. The van der Waals surface area contributed by atoms with Gasteiger partial charge < -0.3 is 15.1 Å². The fourth-order valence-electron chi connectivity index (χ4n) is 3.95. The van der Waals surface area contributed by atoms with Crippen molar-refractivity contribution < 1.29 is 9.21 Å². The fourth-order valence-corrected chi connectivity index (χ4v) is 3.95. The molecule has 0 radical (unpaired) electrons. The van der Waals surface area contributed by atoms with Crippen molar-refractivity contribution in [2.75, 3.05) is 5.32 Å². The molecule has 1 aliphatic carbocycles. The average molecular weight is 403 g/mol. The van der Waals surface area contributed by atoms with Crippen LogP contribution in [0.5, 0.6) is 0 Å². The van der Waals surface area contributed by atoms with Crippen molar-refractivity contribution >= 4 is 17.4 Å². The highest BCUT2D eigenvalue weighted by molar-refractivity contribution is 5.89. The van der Waals surface area contributed by atoms with Gasteiger partial charge in [0.25, 0.3) is 0 Å². The number of aryl methyl sites for hydroxylation is 1. The summed E-state index contributed by atoms with van der Waals surface area (Å²) in [6, 6.07) is 14.4. The first-order valence-corrected chi connectivity index (χ1v) is 9.94. The molecule has 0 fully saturated rings. The summed E-state index contributed by atoms with van der Waals surface area (Å²) in [5.41, 5.74) is 2.98. The first-order chi connectivity index (χ1) is 14.7. The van der Waals surface area contributed by atoms with Crippen molar-refractivity contribution in [1.29, 1.82) is 0 Å². The molecule has 0 saturated heterocycles. The Kier molecular flexibility index (Phi) is 4.59. The summed E-state index contributed by atoms with van der Waals surface area (Å²) in [6.45, 7) is 0.318. The summed E-state index contributed by atoms with van der Waals surface area (Å²) in [5, 5.41) is 10.3. The van der Waals surface area contributed by atoms with Crippen LogP contribution in [0.2, 0.25) is 0 Å². The van der Waals surface area contributed by atoms with E-state index >= 15 is 0 Å². The summed E-state index contributed by atoms with van der Waals surface area (Å²) in [5.74, 6) is 0.950. The number of benzene rings is 1. The summed E-state index contributed by atoms with van der Waals surface area (Å²) < 4.78 is 8.40. The number of carbonyl (C=O) groups excluding carboxylic acids is 1. The third kappa shape index (κ3) is 3.47. The van der Waals surface area contributed by atoms with Crippen molar-refractivity contribution in [3.05, 3.63) is 88.4 Å². The van der Waals surface area contributed by atoms with Crippen LogP contribution < -0.4 is 16.3 Å². The number of aromatic nitrogens is 3. The minimum absolute atomic E-state index is 0.0489. The van der Waals surface area contributed by atoms with Crippen LogP contribution >= 0.6 is 0 Å². The molecule has 152 valence electrons. The first-order valence-electron chi connectivity index (χ1n) is 9.94. The lowest BCUT2D eigenvalue weighted by atomic mass is 9.93. The second kappa shape index (κ2) is 7.55. The monoisotopic (exact) mass is 403 g/mol. The number of nitrogens with zero attached hydrogens (tertiary/aromatic N) is 3. The van der Waals surface area contributed by atoms with Gasteiger partial charge in [0, 0.05) is 23.9 Å². The van der Waals surface area contributed by atoms with Gasteiger partial charge >= 0.3 is 11.7 Å². The maximum Gasteiger partial charge on any atom is 0.350 e. The van der Waals surface area contributed by atoms with Crippen LogP contribution in [-0.4, -0.2) is 20.2 Å². The Morgan fingerprint density at radius 2 is 2.13 bits per heavy atom. The molecule has 8 heteroatoms. The second-order valence-electron chi connectivity index (χ2n) is 7.41. The van der Waals surface area contributed by atoms with E-state index in [-0.39, 0.29) is 17.8 Å². The molecule has 2 N–H and O–H groups in total. The van der Waals surface area contributed by atoms with E-state index in [0.29, 0.717) is 17.9 Å². The van der Waals surface area contributed by atoms with Crippen molar-refractivity contribution in [2.24, 2.45) is 0 Å². The Hall–Kier alpha value is -3.81. The van der Waals surface area contributed by atoms with E-state index in [9.17, 15) is 9.59 Å². The summed E-state index contributed by atoms with van der Waals surface area (Å²) >= 11 is 0. The van der Waals surface area contributed by atoms with Gasteiger partial charge in [-0.25, -0.2) is 14.3 Å². The molecule has 8 nitrogen and oxygen atoms in total. The number of hydrogen-bond donors (Lipinski definition) is 2. The Labute approximate surface area is 172 Å². The molecule has 1 unspecified atom stereocenters. The quantitative estimate of drug-likeness (QED) is 0.547. The van der Waals surface area contributed by atoms with Gasteiger partial charge in [0.2, 0.25) is 0 Å². The highest BCUT2D eigenvalue weighted by atomic mass is 16.3. The van der Waals surface area contributed by atoms with E-state index < -0.39 is 0 Å². The fraction of sp³-hybridized carbons (Fsp3) is 0.227. The van der Waals surface area contributed by atoms with E-state index in [1.165, 1.54) is 9.08 Å². The van der Waals surface area contributed by atoms with E-state index in [4.69, 9.17) is 4.42 Å². The van der Waals surface area contributed by atoms with Crippen molar-refractivity contribution in [2.45, 2.75) is 31.8 Å². The predicted molar refractivity (Wildman–Crippen MR) is 112 cm³/mol. The van der Waals surface area contributed by atoms with Gasteiger partial charge in [-0.15, -0.1) is 5.10 Å². The molecule has 2 amide bonds. The van der Waals surface area contributed by atoms with Crippen molar-refractivity contribution in [3.63, 3.8) is 0 Å². The Balaban J connectivity index is 1.29. The molecule has 0 aliphatic heterocycles. The van der Waals surface area contributed by atoms with Crippen molar-refractivity contribution in [3.8, 4) is 0 Å². The summed E-state index contributed by atoms with van der Waals surface area (Å²) in [4.78, 5) is 25.0. The number of fused-ring (bicyclic) bond motifs is 2. The number of hydrogen-bond acceptors (Lipinski definition) is 4. The molecule has 5 rings (SSSR count). The Bertz CT molecular complexity index is 1270. The number of urea groups is 1. The number of amides is 2. The smallest absolute Gasteiger partial charge is 0.350 e. The van der Waals surface area contributed by atoms with Gasteiger partial charge in [0.05, 0.1) is 18.8 Å². The zero-order chi connectivity index (χ0) is 20.5. The zero-order valence-electron chi connectivity index (χ0n) is 16.2. The number of anilines is 1. The van der Waals surface area contributed by atoms with E-state index in [0.717, 1.165) is 36.1 Å². The lowest BCUT2D eigenvalue weighted by molar-refractivity contribution is 0.246. The minimum atomic E-state index is -0.268. The molecule has 3 heterocycles. The number of rotatable bonds is 4. The lowest BCUT2D eigenvalue weighted by Crippen LogP contribution is -2.34. The topological polar surface area (TPSA) is 93.6 Å². The number of pyridine rings is 1. The van der Waals surface area contributed by atoms with Crippen LogP contribution in [0.4, 0.5) is 10.5 Å². The van der Waals surface area contributed by atoms with Gasteiger partial charge in [-0.05, 0) is 48.7 Å². The number of nitrogens with one attached hydrogen (secondary N) is 2. The van der Waals surface area contributed by atoms with Crippen LogP contribution in [0, 0.1) is 0 Å². The number of furan rings is 1. The van der Waals surface area contributed by atoms with E-state index in [1.807, 2.05) is 36.4 Å². The van der Waals surface area contributed by atoms with Gasteiger partial charge in [-0.2, -0.15) is 0 Å². The Morgan fingerprint density at radius 3 is 3.03 bits per heavy atom. The third-order valence-electron chi connectivity index (χ3n) is 5.36. The molecule has 0 bridgehead atoms. The second-order valence-corrected chi connectivity index (χ2v) is 7.41.